The monoisotopic (exact) mass is 357 g/mol. The van der Waals surface area contributed by atoms with Crippen molar-refractivity contribution in [1.82, 2.24) is 15.1 Å². The molecule has 0 atom stereocenters. The van der Waals surface area contributed by atoms with E-state index in [0.717, 1.165) is 38.8 Å². The summed E-state index contributed by atoms with van der Waals surface area (Å²) in [6.07, 6.45) is 4.65. The Kier molecular flexibility index (Phi) is 5.97. The molecule has 1 aromatic carbocycles. The standard InChI is InChI=1S/C21H31N3O2/c1-21(2,24-13-11-17-8-5-6-9-18(17)14-24)16-22-19(25)15-23-12-7-3-4-10-20(23)26/h5-6,8-9H,3-4,7,10-16H2,1-2H3,(H,22,25). The Hall–Kier alpha value is -1.88. The lowest BCUT2D eigenvalue weighted by Crippen LogP contribution is -2.54. The van der Waals surface area contributed by atoms with Gasteiger partial charge in [-0.25, -0.2) is 0 Å². The minimum atomic E-state index is -0.119. The molecule has 0 aliphatic carbocycles. The molecule has 5 nitrogen and oxygen atoms in total. The Labute approximate surface area is 156 Å². The van der Waals surface area contributed by atoms with Gasteiger partial charge in [0.2, 0.25) is 11.8 Å². The maximum absolute atomic E-state index is 12.4. The summed E-state index contributed by atoms with van der Waals surface area (Å²) in [6, 6.07) is 8.60. The average Bonchev–Trinajstić information content (AvgIpc) is 2.84. The number of rotatable bonds is 5. The van der Waals surface area contributed by atoms with Gasteiger partial charge in [-0.1, -0.05) is 30.7 Å². The summed E-state index contributed by atoms with van der Waals surface area (Å²) in [5, 5.41) is 3.06. The van der Waals surface area contributed by atoms with Gasteiger partial charge in [-0.2, -0.15) is 0 Å². The van der Waals surface area contributed by atoms with Crippen molar-refractivity contribution >= 4 is 11.8 Å². The van der Waals surface area contributed by atoms with E-state index in [-0.39, 0.29) is 23.9 Å². The van der Waals surface area contributed by atoms with Gasteiger partial charge in [0, 0.05) is 38.1 Å². The second kappa shape index (κ2) is 8.21. The van der Waals surface area contributed by atoms with Crippen LogP contribution in [0, 0.1) is 0 Å². The number of nitrogens with one attached hydrogen (secondary N) is 1. The highest BCUT2D eigenvalue weighted by Crippen LogP contribution is 2.24. The number of benzene rings is 1. The molecule has 2 aliphatic heterocycles. The minimum absolute atomic E-state index is 0.0502. The first-order valence-corrected chi connectivity index (χ1v) is 9.82. The van der Waals surface area contributed by atoms with Gasteiger partial charge in [0.15, 0.2) is 0 Å². The first kappa shape index (κ1) is 18.9. The lowest BCUT2D eigenvalue weighted by atomic mass is 9.94. The van der Waals surface area contributed by atoms with Crippen LogP contribution in [0.3, 0.4) is 0 Å². The van der Waals surface area contributed by atoms with E-state index in [4.69, 9.17) is 0 Å². The molecule has 0 radical (unpaired) electrons. The summed E-state index contributed by atoms with van der Waals surface area (Å²) in [5.41, 5.74) is 2.70. The van der Waals surface area contributed by atoms with E-state index in [2.05, 4.69) is 48.3 Å². The molecular weight excluding hydrogens is 326 g/mol. The Morgan fingerprint density at radius 2 is 1.85 bits per heavy atom. The Balaban J connectivity index is 1.51. The molecule has 0 spiro atoms. The van der Waals surface area contributed by atoms with Crippen molar-refractivity contribution < 1.29 is 9.59 Å². The molecule has 0 unspecified atom stereocenters. The summed E-state index contributed by atoms with van der Waals surface area (Å²) in [6.45, 7) is 7.77. The fraction of sp³-hybridized carbons (Fsp3) is 0.619. The van der Waals surface area contributed by atoms with Gasteiger partial charge in [0.25, 0.3) is 0 Å². The number of carbonyl (C=O) groups excluding carboxylic acids is 2. The number of hydrogen-bond acceptors (Lipinski definition) is 3. The number of hydrogen-bond donors (Lipinski definition) is 1. The average molecular weight is 357 g/mol. The van der Waals surface area contributed by atoms with E-state index in [1.165, 1.54) is 11.1 Å². The van der Waals surface area contributed by atoms with Crippen LogP contribution in [0.15, 0.2) is 24.3 Å². The van der Waals surface area contributed by atoms with Gasteiger partial charge in [-0.3, -0.25) is 14.5 Å². The van der Waals surface area contributed by atoms with Gasteiger partial charge in [0.05, 0.1) is 6.54 Å². The maximum Gasteiger partial charge on any atom is 0.239 e. The Morgan fingerprint density at radius 1 is 1.08 bits per heavy atom. The molecule has 142 valence electrons. The fourth-order valence-electron chi connectivity index (χ4n) is 3.87. The molecule has 26 heavy (non-hydrogen) atoms. The van der Waals surface area contributed by atoms with Crippen LogP contribution >= 0.6 is 0 Å². The van der Waals surface area contributed by atoms with Gasteiger partial charge in [-0.15, -0.1) is 0 Å². The van der Waals surface area contributed by atoms with Crippen molar-refractivity contribution in [2.24, 2.45) is 0 Å². The first-order chi connectivity index (χ1) is 12.5. The summed E-state index contributed by atoms with van der Waals surface area (Å²) >= 11 is 0. The van der Waals surface area contributed by atoms with E-state index in [1.54, 1.807) is 4.90 Å². The Morgan fingerprint density at radius 3 is 2.65 bits per heavy atom. The zero-order valence-electron chi connectivity index (χ0n) is 16.1. The van der Waals surface area contributed by atoms with Crippen LogP contribution in [-0.2, 0) is 22.6 Å². The van der Waals surface area contributed by atoms with Crippen LogP contribution in [0.1, 0.15) is 50.7 Å². The molecule has 2 aliphatic rings. The van der Waals surface area contributed by atoms with Crippen LogP contribution < -0.4 is 5.32 Å². The third-order valence-electron chi connectivity index (χ3n) is 5.71. The normalized spacial score (nSPS) is 19.0. The second-order valence-corrected chi connectivity index (χ2v) is 8.16. The predicted octanol–water partition coefficient (Wildman–Crippen LogP) is 2.34. The molecule has 0 bridgehead atoms. The van der Waals surface area contributed by atoms with Crippen molar-refractivity contribution in [3.05, 3.63) is 35.4 Å². The fourth-order valence-corrected chi connectivity index (χ4v) is 3.87. The molecule has 1 saturated heterocycles. The minimum Gasteiger partial charge on any atom is -0.353 e. The molecular formula is C21H31N3O2. The van der Waals surface area contributed by atoms with Crippen LogP contribution in [0.4, 0.5) is 0 Å². The van der Waals surface area contributed by atoms with Crippen LogP contribution in [0.2, 0.25) is 0 Å². The van der Waals surface area contributed by atoms with Crippen molar-refractivity contribution in [3.8, 4) is 0 Å². The van der Waals surface area contributed by atoms with Gasteiger partial charge in [0.1, 0.15) is 0 Å². The summed E-state index contributed by atoms with van der Waals surface area (Å²) in [5.74, 6) is 0.0651. The van der Waals surface area contributed by atoms with E-state index < -0.39 is 0 Å². The third kappa shape index (κ3) is 4.64. The topological polar surface area (TPSA) is 52.7 Å². The van der Waals surface area contributed by atoms with Crippen molar-refractivity contribution in [2.45, 2.75) is 58.0 Å². The molecule has 2 heterocycles. The SMILES string of the molecule is CC(C)(CNC(=O)CN1CCCCCC1=O)N1CCc2ccccc2C1. The van der Waals surface area contributed by atoms with E-state index in [1.807, 2.05) is 0 Å². The number of likely N-dealkylation sites (tertiary alicyclic amines) is 1. The van der Waals surface area contributed by atoms with Gasteiger partial charge < -0.3 is 10.2 Å². The highest BCUT2D eigenvalue weighted by atomic mass is 16.2. The summed E-state index contributed by atoms with van der Waals surface area (Å²) in [4.78, 5) is 28.6. The number of carbonyl (C=O) groups is 2. The molecule has 3 rings (SSSR count). The van der Waals surface area contributed by atoms with E-state index >= 15 is 0 Å². The van der Waals surface area contributed by atoms with Crippen molar-refractivity contribution in [1.29, 1.82) is 0 Å². The zero-order chi connectivity index (χ0) is 18.6. The quantitative estimate of drug-likeness (QED) is 0.880. The number of nitrogens with zero attached hydrogens (tertiary/aromatic N) is 2. The maximum atomic E-state index is 12.4. The molecule has 2 amide bonds. The lowest BCUT2D eigenvalue weighted by molar-refractivity contribution is -0.135. The number of fused-ring (bicyclic) bond motifs is 1. The van der Waals surface area contributed by atoms with Crippen molar-refractivity contribution in [2.75, 3.05) is 26.2 Å². The summed E-state index contributed by atoms with van der Waals surface area (Å²) in [7, 11) is 0. The van der Waals surface area contributed by atoms with Crippen LogP contribution in [0.5, 0.6) is 0 Å². The highest BCUT2D eigenvalue weighted by molar-refractivity contribution is 5.84. The first-order valence-electron chi connectivity index (χ1n) is 9.82. The molecule has 1 aromatic rings. The molecule has 0 saturated carbocycles. The van der Waals surface area contributed by atoms with E-state index in [0.29, 0.717) is 19.5 Å². The second-order valence-electron chi connectivity index (χ2n) is 8.16. The molecule has 5 heteroatoms. The number of amides is 2. The van der Waals surface area contributed by atoms with Gasteiger partial charge in [-0.05, 0) is 44.2 Å². The van der Waals surface area contributed by atoms with Crippen molar-refractivity contribution in [3.63, 3.8) is 0 Å². The molecule has 1 N–H and O–H groups in total. The van der Waals surface area contributed by atoms with Crippen LogP contribution in [0.25, 0.3) is 0 Å². The Bertz CT molecular complexity index is 656. The predicted molar refractivity (Wildman–Crippen MR) is 103 cm³/mol. The van der Waals surface area contributed by atoms with Crippen LogP contribution in [-0.4, -0.2) is 53.3 Å². The third-order valence-corrected chi connectivity index (χ3v) is 5.71. The molecule has 0 aromatic heterocycles. The smallest absolute Gasteiger partial charge is 0.239 e. The van der Waals surface area contributed by atoms with E-state index in [9.17, 15) is 9.59 Å². The summed E-state index contributed by atoms with van der Waals surface area (Å²) < 4.78 is 0. The lowest BCUT2D eigenvalue weighted by Gasteiger charge is -2.41. The molecule has 1 fully saturated rings. The highest BCUT2D eigenvalue weighted by Gasteiger charge is 2.30. The zero-order valence-corrected chi connectivity index (χ0v) is 16.1. The van der Waals surface area contributed by atoms with Gasteiger partial charge >= 0.3 is 0 Å². The largest absolute Gasteiger partial charge is 0.353 e.